The Labute approximate surface area is 99.6 Å². The molecule has 0 saturated carbocycles. The van der Waals surface area contributed by atoms with E-state index < -0.39 is 0 Å². The van der Waals surface area contributed by atoms with E-state index in [9.17, 15) is 9.18 Å². The molecule has 0 bridgehead atoms. The summed E-state index contributed by atoms with van der Waals surface area (Å²) in [5.41, 5.74) is 6.82. The van der Waals surface area contributed by atoms with E-state index in [4.69, 9.17) is 5.73 Å². The van der Waals surface area contributed by atoms with Crippen molar-refractivity contribution in [1.29, 1.82) is 0 Å². The van der Waals surface area contributed by atoms with Crippen LogP contribution in [-0.4, -0.2) is 12.5 Å². The molecule has 88 valence electrons. The average Bonchev–Trinajstić information content (AvgIpc) is 2.63. The first-order valence-corrected chi connectivity index (χ1v) is 4.99. The minimum Gasteiger partial charge on any atom is -0.348 e. The second kappa shape index (κ2) is 5.27. The summed E-state index contributed by atoms with van der Waals surface area (Å²) in [6.07, 6.45) is 1.43. The number of halogens is 2. The largest absolute Gasteiger partial charge is 0.348 e. The summed E-state index contributed by atoms with van der Waals surface area (Å²) in [5, 5.41) is 2.78. The van der Waals surface area contributed by atoms with Crippen molar-refractivity contribution < 1.29 is 9.18 Å². The van der Waals surface area contributed by atoms with Crippen molar-refractivity contribution >= 4 is 18.3 Å². The van der Waals surface area contributed by atoms with Gasteiger partial charge in [0.25, 0.3) is 0 Å². The van der Waals surface area contributed by atoms with Crippen LogP contribution in [0, 0.1) is 5.82 Å². The number of carbonyl (C=O) groups excluding carboxylic acids is 1. The average molecular weight is 245 g/mol. The molecule has 0 radical (unpaired) electrons. The molecular weight excluding hydrogens is 231 g/mol. The Balaban J connectivity index is 0.00000128. The first-order valence-electron chi connectivity index (χ1n) is 4.99. The third-order valence-corrected chi connectivity index (χ3v) is 2.73. The van der Waals surface area contributed by atoms with Crippen LogP contribution in [0.2, 0.25) is 0 Å². The lowest BCUT2D eigenvalue weighted by Gasteiger charge is -2.13. The number of hydrogen-bond donors (Lipinski definition) is 2. The number of rotatable bonds is 2. The number of carbonyl (C=O) groups is 1. The van der Waals surface area contributed by atoms with E-state index >= 15 is 0 Å². The Morgan fingerprint density at radius 1 is 1.56 bits per heavy atom. The van der Waals surface area contributed by atoms with Crippen molar-refractivity contribution in [2.45, 2.75) is 18.9 Å². The molecular formula is C11H14ClFN2O. The fraction of sp³-hybridized carbons (Fsp3) is 0.364. The first kappa shape index (κ1) is 12.9. The van der Waals surface area contributed by atoms with Crippen molar-refractivity contribution in [3.05, 3.63) is 35.1 Å². The van der Waals surface area contributed by atoms with Gasteiger partial charge in [-0.1, -0.05) is 12.1 Å². The zero-order valence-corrected chi connectivity index (χ0v) is 9.52. The summed E-state index contributed by atoms with van der Waals surface area (Å²) >= 11 is 0. The van der Waals surface area contributed by atoms with Crippen LogP contribution in [-0.2, 0) is 11.2 Å². The van der Waals surface area contributed by atoms with Gasteiger partial charge in [0.2, 0.25) is 5.91 Å². The smallest absolute Gasteiger partial charge is 0.234 e. The van der Waals surface area contributed by atoms with Crippen LogP contribution in [0.3, 0.4) is 0 Å². The maximum atomic E-state index is 13.3. The van der Waals surface area contributed by atoms with Crippen LogP contribution >= 0.6 is 12.4 Å². The van der Waals surface area contributed by atoms with Gasteiger partial charge in [0.1, 0.15) is 5.82 Å². The minimum absolute atomic E-state index is 0. The SMILES string of the molecule is Cl.NCC(=O)NC1CCc2c(F)cccc21. The molecule has 0 spiro atoms. The number of amides is 1. The number of hydrogen-bond acceptors (Lipinski definition) is 2. The Morgan fingerprint density at radius 3 is 3.00 bits per heavy atom. The topological polar surface area (TPSA) is 55.1 Å². The highest BCUT2D eigenvalue weighted by Gasteiger charge is 2.25. The molecule has 3 nitrogen and oxygen atoms in total. The first-order chi connectivity index (χ1) is 7.22. The van der Waals surface area contributed by atoms with Crippen LogP contribution in [0.25, 0.3) is 0 Å². The Morgan fingerprint density at radius 2 is 2.31 bits per heavy atom. The summed E-state index contributed by atoms with van der Waals surface area (Å²) in [4.78, 5) is 11.1. The van der Waals surface area contributed by atoms with Crippen molar-refractivity contribution in [3.8, 4) is 0 Å². The van der Waals surface area contributed by atoms with Crippen LogP contribution in [0.4, 0.5) is 4.39 Å². The van der Waals surface area contributed by atoms with Crippen LogP contribution in [0.1, 0.15) is 23.6 Å². The fourth-order valence-corrected chi connectivity index (χ4v) is 2.01. The van der Waals surface area contributed by atoms with Gasteiger partial charge >= 0.3 is 0 Å². The van der Waals surface area contributed by atoms with Crippen LogP contribution in [0.15, 0.2) is 18.2 Å². The van der Waals surface area contributed by atoms with E-state index in [0.717, 1.165) is 17.5 Å². The van der Waals surface area contributed by atoms with Gasteiger partial charge < -0.3 is 11.1 Å². The molecule has 1 aromatic rings. The van der Waals surface area contributed by atoms with Gasteiger partial charge in [-0.3, -0.25) is 4.79 Å². The molecule has 0 heterocycles. The second-order valence-corrected chi connectivity index (χ2v) is 3.67. The Hall–Kier alpha value is -1.13. The number of fused-ring (bicyclic) bond motifs is 1. The lowest BCUT2D eigenvalue weighted by molar-refractivity contribution is -0.120. The molecule has 0 saturated heterocycles. The van der Waals surface area contributed by atoms with Gasteiger partial charge in [0.05, 0.1) is 12.6 Å². The van der Waals surface area contributed by atoms with Crippen molar-refractivity contribution in [2.75, 3.05) is 6.54 Å². The van der Waals surface area contributed by atoms with E-state index in [1.54, 1.807) is 6.07 Å². The van der Waals surface area contributed by atoms with Gasteiger partial charge in [-0.15, -0.1) is 12.4 Å². The van der Waals surface area contributed by atoms with Gasteiger partial charge in [0, 0.05) is 0 Å². The zero-order valence-electron chi connectivity index (χ0n) is 8.70. The molecule has 1 aliphatic carbocycles. The molecule has 3 N–H and O–H groups in total. The molecule has 16 heavy (non-hydrogen) atoms. The van der Waals surface area contributed by atoms with Gasteiger partial charge in [-0.05, 0) is 30.0 Å². The summed E-state index contributed by atoms with van der Waals surface area (Å²) in [5.74, 6) is -0.380. The molecule has 5 heteroatoms. The van der Waals surface area contributed by atoms with E-state index in [0.29, 0.717) is 6.42 Å². The van der Waals surface area contributed by atoms with Gasteiger partial charge in [-0.25, -0.2) is 4.39 Å². The zero-order chi connectivity index (χ0) is 10.8. The molecule has 1 amide bonds. The second-order valence-electron chi connectivity index (χ2n) is 3.67. The van der Waals surface area contributed by atoms with Crippen LogP contribution < -0.4 is 11.1 Å². The summed E-state index contributed by atoms with van der Waals surface area (Å²) < 4.78 is 13.3. The molecule has 1 unspecified atom stereocenters. The highest BCUT2D eigenvalue weighted by atomic mass is 35.5. The summed E-state index contributed by atoms with van der Waals surface area (Å²) in [7, 11) is 0. The molecule has 2 rings (SSSR count). The van der Waals surface area contributed by atoms with E-state index in [-0.39, 0.29) is 36.7 Å². The molecule has 1 aliphatic rings. The third-order valence-electron chi connectivity index (χ3n) is 2.73. The highest BCUT2D eigenvalue weighted by Crippen LogP contribution is 2.32. The number of nitrogens with one attached hydrogen (secondary N) is 1. The lowest BCUT2D eigenvalue weighted by atomic mass is 10.1. The summed E-state index contributed by atoms with van der Waals surface area (Å²) in [6.45, 7) is -0.0266. The van der Waals surface area contributed by atoms with Crippen molar-refractivity contribution in [3.63, 3.8) is 0 Å². The lowest BCUT2D eigenvalue weighted by Crippen LogP contribution is -2.32. The van der Waals surface area contributed by atoms with E-state index in [2.05, 4.69) is 5.32 Å². The Bertz CT molecular complexity index is 398. The van der Waals surface area contributed by atoms with E-state index in [1.165, 1.54) is 6.07 Å². The third kappa shape index (κ3) is 2.33. The quantitative estimate of drug-likeness (QED) is 0.824. The monoisotopic (exact) mass is 244 g/mol. The fourth-order valence-electron chi connectivity index (χ4n) is 2.01. The highest BCUT2D eigenvalue weighted by molar-refractivity contribution is 5.85. The van der Waals surface area contributed by atoms with Gasteiger partial charge in [0.15, 0.2) is 0 Å². The normalized spacial score (nSPS) is 17.5. The predicted octanol–water partition coefficient (Wildman–Crippen LogP) is 1.31. The number of nitrogens with two attached hydrogens (primary N) is 1. The molecule has 0 aliphatic heterocycles. The number of benzene rings is 1. The molecule has 0 fully saturated rings. The Kier molecular flexibility index (Phi) is 4.26. The molecule has 1 atom stereocenters. The predicted molar refractivity (Wildman–Crippen MR) is 61.9 cm³/mol. The minimum atomic E-state index is -0.197. The summed E-state index contributed by atoms with van der Waals surface area (Å²) in [6, 6.07) is 4.90. The standard InChI is InChI=1S/C11H13FN2O.ClH/c12-9-3-1-2-8-7(9)4-5-10(8)14-11(15)6-13;/h1-3,10H,4-6,13H2,(H,14,15);1H. The van der Waals surface area contributed by atoms with Crippen molar-refractivity contribution in [2.24, 2.45) is 5.73 Å². The van der Waals surface area contributed by atoms with Gasteiger partial charge in [-0.2, -0.15) is 0 Å². The van der Waals surface area contributed by atoms with Crippen LogP contribution in [0.5, 0.6) is 0 Å². The van der Waals surface area contributed by atoms with E-state index in [1.807, 2.05) is 6.07 Å². The maximum Gasteiger partial charge on any atom is 0.234 e. The maximum absolute atomic E-state index is 13.3. The molecule has 0 aromatic heterocycles. The van der Waals surface area contributed by atoms with Crippen molar-refractivity contribution in [1.82, 2.24) is 5.32 Å². The molecule has 1 aromatic carbocycles.